The molecule has 1 amide bonds. The third-order valence-corrected chi connectivity index (χ3v) is 4.15. The van der Waals surface area contributed by atoms with E-state index in [0.717, 1.165) is 5.56 Å². The maximum absolute atomic E-state index is 12.4. The van der Waals surface area contributed by atoms with Gasteiger partial charge in [0, 0.05) is 38.4 Å². The number of carbonyl (C=O) groups excluding carboxylic acids is 1. The molecule has 0 aliphatic carbocycles. The van der Waals surface area contributed by atoms with Crippen LogP contribution in [0.25, 0.3) is 0 Å². The minimum atomic E-state index is -0.438. The van der Waals surface area contributed by atoms with Gasteiger partial charge in [-0.25, -0.2) is 0 Å². The van der Waals surface area contributed by atoms with Gasteiger partial charge in [-0.05, 0) is 18.9 Å². The molecule has 2 aromatic rings. The van der Waals surface area contributed by atoms with Gasteiger partial charge in [0.1, 0.15) is 0 Å². The second-order valence-electron chi connectivity index (χ2n) is 5.84. The van der Waals surface area contributed by atoms with E-state index in [4.69, 9.17) is 4.52 Å². The molecule has 0 aliphatic heterocycles. The van der Waals surface area contributed by atoms with Crippen molar-refractivity contribution in [2.24, 2.45) is 0 Å². The smallest absolute Gasteiger partial charge is 0.269 e. The van der Waals surface area contributed by atoms with Crippen molar-refractivity contribution in [2.75, 3.05) is 7.05 Å². The van der Waals surface area contributed by atoms with Crippen molar-refractivity contribution in [3.63, 3.8) is 0 Å². The lowest BCUT2D eigenvalue weighted by atomic mass is 10.1. The van der Waals surface area contributed by atoms with E-state index in [-0.39, 0.29) is 17.6 Å². The zero-order valence-electron chi connectivity index (χ0n) is 14.6. The van der Waals surface area contributed by atoms with Gasteiger partial charge < -0.3 is 9.42 Å². The number of carbonyl (C=O) groups is 1. The molecular formula is C17H22N4O4. The molecular weight excluding hydrogens is 324 g/mol. The zero-order chi connectivity index (χ0) is 18.4. The Balaban J connectivity index is 1.90. The molecule has 0 saturated heterocycles. The summed E-state index contributed by atoms with van der Waals surface area (Å²) in [6.45, 7) is 3.80. The standard InChI is InChI=1S/C17H22N4O4/c1-4-15-18-16(25-19-15)9-6-10-17(22)20(3)12(2)13-7-5-8-14(11-13)21(23)24/h5,7-8,11-12H,4,6,9-10H2,1-3H3/t12-/m1/s1. The second-order valence-corrected chi connectivity index (χ2v) is 5.84. The van der Waals surface area contributed by atoms with E-state index in [0.29, 0.717) is 37.4 Å². The van der Waals surface area contributed by atoms with Crippen LogP contribution in [0.1, 0.15) is 50.0 Å². The Morgan fingerprint density at radius 1 is 1.44 bits per heavy atom. The maximum Gasteiger partial charge on any atom is 0.269 e. The molecule has 0 N–H and O–H groups in total. The Morgan fingerprint density at radius 3 is 2.84 bits per heavy atom. The lowest BCUT2D eigenvalue weighted by molar-refractivity contribution is -0.384. The van der Waals surface area contributed by atoms with Crippen LogP contribution >= 0.6 is 0 Å². The van der Waals surface area contributed by atoms with Crippen molar-refractivity contribution in [3.8, 4) is 0 Å². The summed E-state index contributed by atoms with van der Waals surface area (Å²) in [5, 5.41) is 14.7. The second kappa shape index (κ2) is 8.36. The van der Waals surface area contributed by atoms with E-state index in [1.807, 2.05) is 13.8 Å². The predicted molar refractivity (Wildman–Crippen MR) is 90.9 cm³/mol. The molecule has 0 saturated carbocycles. The summed E-state index contributed by atoms with van der Waals surface area (Å²) in [6.07, 6.45) is 2.22. The number of non-ortho nitro benzene ring substituents is 1. The number of nitro benzene ring substituents is 1. The lowest BCUT2D eigenvalue weighted by Gasteiger charge is -2.25. The summed E-state index contributed by atoms with van der Waals surface area (Å²) >= 11 is 0. The average molecular weight is 346 g/mol. The highest BCUT2D eigenvalue weighted by Gasteiger charge is 2.19. The number of amides is 1. The monoisotopic (exact) mass is 346 g/mol. The van der Waals surface area contributed by atoms with Crippen molar-refractivity contribution in [1.82, 2.24) is 15.0 Å². The van der Waals surface area contributed by atoms with E-state index in [2.05, 4.69) is 10.1 Å². The predicted octanol–water partition coefficient (Wildman–Crippen LogP) is 3.08. The largest absolute Gasteiger partial charge is 0.339 e. The highest BCUT2D eigenvalue weighted by molar-refractivity contribution is 5.76. The van der Waals surface area contributed by atoms with Crippen molar-refractivity contribution in [3.05, 3.63) is 51.7 Å². The molecule has 0 bridgehead atoms. The van der Waals surface area contributed by atoms with Crippen LogP contribution in [0.4, 0.5) is 5.69 Å². The fourth-order valence-electron chi connectivity index (χ4n) is 2.44. The SMILES string of the molecule is CCc1noc(CCCC(=O)N(C)[C@H](C)c2cccc([N+](=O)[O-])c2)n1. The first-order chi connectivity index (χ1) is 11.9. The molecule has 8 nitrogen and oxygen atoms in total. The lowest BCUT2D eigenvalue weighted by Crippen LogP contribution is -2.29. The fourth-order valence-corrected chi connectivity index (χ4v) is 2.44. The van der Waals surface area contributed by atoms with Crippen LogP contribution in [0, 0.1) is 10.1 Å². The van der Waals surface area contributed by atoms with Gasteiger partial charge in [0.05, 0.1) is 11.0 Å². The van der Waals surface area contributed by atoms with Crippen molar-refractivity contribution in [2.45, 2.75) is 45.6 Å². The number of hydrogen-bond donors (Lipinski definition) is 0. The van der Waals surface area contributed by atoms with Crippen LogP contribution in [0.2, 0.25) is 0 Å². The molecule has 0 aliphatic rings. The zero-order valence-corrected chi connectivity index (χ0v) is 14.6. The number of aromatic nitrogens is 2. The van der Waals surface area contributed by atoms with Gasteiger partial charge in [0.25, 0.3) is 5.69 Å². The molecule has 0 spiro atoms. The first-order valence-corrected chi connectivity index (χ1v) is 8.23. The van der Waals surface area contributed by atoms with E-state index in [1.54, 1.807) is 24.1 Å². The molecule has 8 heteroatoms. The fraction of sp³-hybridized carbons (Fsp3) is 0.471. The van der Waals surface area contributed by atoms with Crippen LogP contribution in [0.15, 0.2) is 28.8 Å². The summed E-state index contributed by atoms with van der Waals surface area (Å²) < 4.78 is 5.10. The number of hydrogen-bond acceptors (Lipinski definition) is 6. The van der Waals surface area contributed by atoms with E-state index >= 15 is 0 Å². The van der Waals surface area contributed by atoms with Crippen LogP contribution in [0.5, 0.6) is 0 Å². The Kier molecular flexibility index (Phi) is 6.21. The Hall–Kier alpha value is -2.77. The minimum absolute atomic E-state index is 0.0216. The third-order valence-electron chi connectivity index (χ3n) is 4.15. The number of nitrogens with zero attached hydrogens (tertiary/aromatic N) is 4. The van der Waals surface area contributed by atoms with Crippen molar-refractivity contribution in [1.29, 1.82) is 0 Å². The highest BCUT2D eigenvalue weighted by atomic mass is 16.6. The van der Waals surface area contributed by atoms with E-state index in [1.165, 1.54) is 12.1 Å². The molecule has 1 aromatic carbocycles. The van der Waals surface area contributed by atoms with Crippen molar-refractivity contribution >= 4 is 11.6 Å². The van der Waals surface area contributed by atoms with Gasteiger partial charge in [0.2, 0.25) is 11.8 Å². The summed E-state index contributed by atoms with van der Waals surface area (Å²) in [4.78, 5) is 28.6. The molecule has 1 heterocycles. The Labute approximate surface area is 146 Å². The van der Waals surface area contributed by atoms with E-state index in [9.17, 15) is 14.9 Å². The summed E-state index contributed by atoms with van der Waals surface area (Å²) in [5.74, 6) is 1.17. The molecule has 134 valence electrons. The number of aryl methyl sites for hydroxylation is 2. The van der Waals surface area contributed by atoms with Crippen LogP contribution in [-0.2, 0) is 17.6 Å². The van der Waals surface area contributed by atoms with Crippen LogP contribution < -0.4 is 0 Å². The van der Waals surface area contributed by atoms with Gasteiger partial charge in [-0.1, -0.05) is 24.2 Å². The molecule has 25 heavy (non-hydrogen) atoms. The first-order valence-electron chi connectivity index (χ1n) is 8.23. The quantitative estimate of drug-likeness (QED) is 0.537. The van der Waals surface area contributed by atoms with Gasteiger partial charge in [-0.2, -0.15) is 4.98 Å². The van der Waals surface area contributed by atoms with E-state index < -0.39 is 4.92 Å². The highest BCUT2D eigenvalue weighted by Crippen LogP contribution is 2.23. The first kappa shape index (κ1) is 18.6. The maximum atomic E-state index is 12.4. The number of nitro groups is 1. The molecule has 0 fully saturated rings. The minimum Gasteiger partial charge on any atom is -0.339 e. The Bertz CT molecular complexity index is 744. The van der Waals surface area contributed by atoms with Gasteiger partial charge in [0.15, 0.2) is 5.82 Å². The van der Waals surface area contributed by atoms with Gasteiger partial charge in [-0.15, -0.1) is 0 Å². The topological polar surface area (TPSA) is 102 Å². The normalized spacial score (nSPS) is 12.0. The molecule has 0 unspecified atom stereocenters. The Morgan fingerprint density at radius 2 is 2.20 bits per heavy atom. The van der Waals surface area contributed by atoms with Crippen molar-refractivity contribution < 1.29 is 14.2 Å². The number of rotatable bonds is 8. The molecule has 1 aromatic heterocycles. The molecule has 2 rings (SSSR count). The summed E-state index contributed by atoms with van der Waals surface area (Å²) in [5.41, 5.74) is 0.753. The van der Waals surface area contributed by atoms with Crippen LogP contribution in [0.3, 0.4) is 0 Å². The summed E-state index contributed by atoms with van der Waals surface area (Å²) in [6, 6.07) is 6.10. The third kappa shape index (κ3) is 4.85. The number of benzene rings is 1. The summed E-state index contributed by atoms with van der Waals surface area (Å²) in [7, 11) is 1.70. The van der Waals surface area contributed by atoms with Gasteiger partial charge >= 0.3 is 0 Å². The molecule has 1 atom stereocenters. The average Bonchev–Trinajstić information content (AvgIpc) is 3.08. The van der Waals surface area contributed by atoms with Crippen LogP contribution in [-0.4, -0.2) is 32.9 Å². The van der Waals surface area contributed by atoms with Gasteiger partial charge in [-0.3, -0.25) is 14.9 Å². The molecule has 0 radical (unpaired) electrons.